The summed E-state index contributed by atoms with van der Waals surface area (Å²) in [4.78, 5) is 24.7. The summed E-state index contributed by atoms with van der Waals surface area (Å²) in [6, 6.07) is 1.79. The first kappa shape index (κ1) is 18.7. The van der Waals surface area contributed by atoms with Crippen molar-refractivity contribution >= 4 is 5.91 Å². The molecule has 7 nitrogen and oxygen atoms in total. The number of fused-ring (bicyclic) bond motifs is 1. The highest BCUT2D eigenvalue weighted by atomic mass is 16.5. The Kier molecular flexibility index (Phi) is 5.31. The van der Waals surface area contributed by atoms with Gasteiger partial charge < -0.3 is 14.7 Å². The van der Waals surface area contributed by atoms with E-state index >= 15 is 0 Å². The fourth-order valence-electron chi connectivity index (χ4n) is 4.98. The monoisotopic (exact) mass is 395 g/mol. The Hall–Kier alpha value is -2.28. The molecule has 154 valence electrons. The van der Waals surface area contributed by atoms with Gasteiger partial charge in [0, 0.05) is 55.5 Å². The molecule has 1 atom stereocenters. The van der Waals surface area contributed by atoms with Gasteiger partial charge in [-0.25, -0.2) is 9.97 Å². The lowest BCUT2D eigenvalue weighted by Crippen LogP contribution is -2.39. The molecule has 1 saturated carbocycles. The number of piperidine rings is 1. The van der Waals surface area contributed by atoms with Crippen LogP contribution in [0, 0.1) is 0 Å². The molecule has 0 radical (unpaired) electrons. The number of aromatic nitrogens is 3. The van der Waals surface area contributed by atoms with E-state index in [1.54, 1.807) is 0 Å². The highest BCUT2D eigenvalue weighted by molar-refractivity contribution is 5.91. The summed E-state index contributed by atoms with van der Waals surface area (Å²) in [7, 11) is 0. The van der Waals surface area contributed by atoms with E-state index in [1.807, 2.05) is 17.2 Å². The van der Waals surface area contributed by atoms with E-state index < -0.39 is 0 Å². The summed E-state index contributed by atoms with van der Waals surface area (Å²) in [5.74, 6) is 1.49. The maximum absolute atomic E-state index is 13.3. The predicted molar refractivity (Wildman–Crippen MR) is 107 cm³/mol. The Bertz CT molecular complexity index is 874. The van der Waals surface area contributed by atoms with Crippen molar-refractivity contribution in [2.45, 2.75) is 76.3 Å². The average molecular weight is 396 g/mol. The van der Waals surface area contributed by atoms with Gasteiger partial charge >= 0.3 is 0 Å². The minimum atomic E-state index is -0.0836. The van der Waals surface area contributed by atoms with Gasteiger partial charge in [0.15, 0.2) is 5.82 Å². The number of likely N-dealkylation sites (tertiary alicyclic amines) is 1. The number of hydrogen-bond acceptors (Lipinski definition) is 6. The van der Waals surface area contributed by atoms with E-state index in [2.05, 4.69) is 15.5 Å². The Morgan fingerprint density at radius 1 is 1.14 bits per heavy atom. The first-order valence-corrected chi connectivity index (χ1v) is 11.1. The van der Waals surface area contributed by atoms with Gasteiger partial charge in [-0.15, -0.1) is 0 Å². The van der Waals surface area contributed by atoms with Gasteiger partial charge in [-0.1, -0.05) is 24.4 Å². The van der Waals surface area contributed by atoms with Crippen molar-refractivity contribution in [3.63, 3.8) is 0 Å². The van der Waals surface area contributed by atoms with Crippen molar-refractivity contribution in [1.29, 1.82) is 0 Å². The number of carbonyl (C=O) groups is 1. The summed E-state index contributed by atoms with van der Waals surface area (Å²) in [6.45, 7) is 2.48. The molecular formula is C22H29N5O2. The third-order valence-electron chi connectivity index (χ3n) is 6.65. The maximum Gasteiger partial charge on any atom is 0.293 e. The van der Waals surface area contributed by atoms with Crippen LogP contribution in [-0.4, -0.2) is 39.0 Å². The number of amides is 1. The Labute approximate surface area is 171 Å². The molecule has 1 aliphatic carbocycles. The molecule has 2 aliphatic heterocycles. The lowest BCUT2D eigenvalue weighted by atomic mass is 9.87. The molecule has 2 aromatic heterocycles. The van der Waals surface area contributed by atoms with Crippen LogP contribution < -0.4 is 5.32 Å². The van der Waals surface area contributed by atoms with Crippen LogP contribution in [0.2, 0.25) is 0 Å². The van der Waals surface area contributed by atoms with Crippen LogP contribution in [-0.2, 0) is 13.0 Å². The quantitative estimate of drug-likeness (QED) is 0.856. The zero-order chi connectivity index (χ0) is 19.6. The van der Waals surface area contributed by atoms with Crippen molar-refractivity contribution in [3.8, 4) is 0 Å². The largest absolute Gasteiger partial charge is 0.351 e. The fourth-order valence-corrected chi connectivity index (χ4v) is 4.98. The topological polar surface area (TPSA) is 84.2 Å². The molecular weight excluding hydrogens is 366 g/mol. The average Bonchev–Trinajstić information content (AvgIpc) is 3.29. The lowest BCUT2D eigenvalue weighted by molar-refractivity contribution is 0.0557. The van der Waals surface area contributed by atoms with Crippen LogP contribution >= 0.6 is 0 Å². The van der Waals surface area contributed by atoms with Gasteiger partial charge in [-0.3, -0.25) is 4.79 Å². The zero-order valence-corrected chi connectivity index (χ0v) is 16.9. The Morgan fingerprint density at radius 2 is 2.00 bits per heavy atom. The molecule has 2 aromatic rings. The van der Waals surface area contributed by atoms with E-state index in [0.717, 1.165) is 68.8 Å². The van der Waals surface area contributed by atoms with Crippen molar-refractivity contribution in [2.75, 3.05) is 13.1 Å². The molecule has 0 unspecified atom stereocenters. The third-order valence-corrected chi connectivity index (χ3v) is 6.65. The second-order valence-corrected chi connectivity index (χ2v) is 8.59. The normalized spacial score (nSPS) is 23.0. The van der Waals surface area contributed by atoms with Crippen LogP contribution in [0.4, 0.5) is 0 Å². The molecule has 1 amide bonds. The Morgan fingerprint density at radius 3 is 2.90 bits per heavy atom. The molecule has 29 heavy (non-hydrogen) atoms. The summed E-state index contributed by atoms with van der Waals surface area (Å²) in [5.41, 5.74) is 3.23. The van der Waals surface area contributed by atoms with Crippen LogP contribution in [0.25, 0.3) is 0 Å². The Balaban J connectivity index is 1.37. The second-order valence-electron chi connectivity index (χ2n) is 8.59. The number of nitrogens with one attached hydrogen (secondary N) is 1. The number of hydrogen-bond donors (Lipinski definition) is 1. The molecule has 5 rings (SSSR count). The first-order chi connectivity index (χ1) is 14.3. The van der Waals surface area contributed by atoms with Gasteiger partial charge in [0.2, 0.25) is 5.76 Å². The van der Waals surface area contributed by atoms with Crippen molar-refractivity contribution < 1.29 is 9.32 Å². The van der Waals surface area contributed by atoms with E-state index in [4.69, 9.17) is 9.51 Å². The third kappa shape index (κ3) is 3.80. The SMILES string of the molecule is O=C(c1cc(C2CCCCC2)no1)N1CCCC[C@@H]1c1ncc2c(n1)CCNC2. The second kappa shape index (κ2) is 8.22. The molecule has 2 fully saturated rings. The molecule has 1 saturated heterocycles. The van der Waals surface area contributed by atoms with E-state index in [-0.39, 0.29) is 11.9 Å². The molecule has 7 heteroatoms. The number of rotatable bonds is 3. The van der Waals surface area contributed by atoms with Crippen LogP contribution in [0.5, 0.6) is 0 Å². The molecule has 3 aliphatic rings. The minimum Gasteiger partial charge on any atom is -0.351 e. The smallest absolute Gasteiger partial charge is 0.293 e. The zero-order valence-electron chi connectivity index (χ0n) is 16.9. The summed E-state index contributed by atoms with van der Waals surface area (Å²) in [6.07, 6.45) is 11.9. The molecule has 4 heterocycles. The number of nitrogens with zero attached hydrogens (tertiary/aromatic N) is 4. The van der Waals surface area contributed by atoms with Gasteiger partial charge in [-0.05, 0) is 32.1 Å². The minimum absolute atomic E-state index is 0.0766. The summed E-state index contributed by atoms with van der Waals surface area (Å²) < 4.78 is 5.52. The standard InChI is InChI=1S/C22H29N5O2/c28-22(20-12-18(26-29-20)15-6-2-1-3-7-15)27-11-5-4-8-19(27)21-24-14-16-13-23-10-9-17(16)25-21/h12,14-15,19,23H,1-11,13H2/t19-/m1/s1. The van der Waals surface area contributed by atoms with Crippen molar-refractivity contribution in [3.05, 3.63) is 40.8 Å². The number of carbonyl (C=O) groups excluding carboxylic acids is 1. The highest BCUT2D eigenvalue weighted by Gasteiger charge is 2.33. The lowest BCUT2D eigenvalue weighted by Gasteiger charge is -2.34. The predicted octanol–water partition coefficient (Wildman–Crippen LogP) is 3.53. The van der Waals surface area contributed by atoms with Gasteiger partial charge in [0.25, 0.3) is 5.91 Å². The van der Waals surface area contributed by atoms with Crippen molar-refractivity contribution in [1.82, 2.24) is 25.3 Å². The van der Waals surface area contributed by atoms with Gasteiger partial charge in [0.1, 0.15) is 0 Å². The van der Waals surface area contributed by atoms with Crippen LogP contribution in [0.3, 0.4) is 0 Å². The van der Waals surface area contributed by atoms with Crippen molar-refractivity contribution in [2.24, 2.45) is 0 Å². The maximum atomic E-state index is 13.3. The summed E-state index contributed by atoms with van der Waals surface area (Å²) in [5, 5.41) is 7.60. The molecule has 1 N–H and O–H groups in total. The molecule has 0 aromatic carbocycles. The van der Waals surface area contributed by atoms with E-state index in [9.17, 15) is 4.79 Å². The van der Waals surface area contributed by atoms with Crippen LogP contribution in [0.15, 0.2) is 16.8 Å². The van der Waals surface area contributed by atoms with E-state index in [1.165, 1.54) is 24.8 Å². The molecule has 0 bridgehead atoms. The highest BCUT2D eigenvalue weighted by Crippen LogP contribution is 2.34. The summed E-state index contributed by atoms with van der Waals surface area (Å²) >= 11 is 0. The van der Waals surface area contributed by atoms with Crippen LogP contribution in [0.1, 0.15) is 96.7 Å². The van der Waals surface area contributed by atoms with Gasteiger partial charge in [0.05, 0.1) is 11.7 Å². The van der Waals surface area contributed by atoms with Gasteiger partial charge in [-0.2, -0.15) is 0 Å². The van der Waals surface area contributed by atoms with E-state index in [0.29, 0.717) is 18.2 Å². The molecule has 0 spiro atoms. The first-order valence-electron chi connectivity index (χ1n) is 11.1. The fraction of sp³-hybridized carbons (Fsp3) is 0.636.